The summed E-state index contributed by atoms with van der Waals surface area (Å²) in [6.45, 7) is 6.99. The topological polar surface area (TPSA) is 89.6 Å². The highest BCUT2D eigenvalue weighted by Gasteiger charge is 2.15. The molecule has 0 spiro atoms. The van der Waals surface area contributed by atoms with Crippen LogP contribution in [0.1, 0.15) is 43.0 Å². The van der Waals surface area contributed by atoms with Crippen molar-refractivity contribution < 1.29 is 4.42 Å². The predicted molar refractivity (Wildman–Crippen MR) is 99.0 cm³/mol. The third kappa shape index (κ3) is 4.04. The maximum absolute atomic E-state index is 11.8. The van der Waals surface area contributed by atoms with Crippen molar-refractivity contribution in [1.82, 2.24) is 25.0 Å². The van der Waals surface area contributed by atoms with Gasteiger partial charge in [-0.1, -0.05) is 32.0 Å². The molecular formula is C16H21N5O2S2. The predicted octanol–water partition coefficient (Wildman–Crippen LogP) is 3.65. The summed E-state index contributed by atoms with van der Waals surface area (Å²) >= 11 is 3.11. The van der Waals surface area contributed by atoms with E-state index in [0.717, 1.165) is 24.1 Å². The van der Waals surface area contributed by atoms with Crippen LogP contribution in [0.15, 0.2) is 20.4 Å². The zero-order valence-electron chi connectivity index (χ0n) is 14.5. The fourth-order valence-corrected chi connectivity index (χ4v) is 4.29. The highest BCUT2D eigenvalue weighted by molar-refractivity contribution is 7.98. The van der Waals surface area contributed by atoms with Crippen LogP contribution < -0.4 is 5.69 Å². The molecular weight excluding hydrogens is 358 g/mol. The summed E-state index contributed by atoms with van der Waals surface area (Å²) in [5, 5.41) is 15.5. The maximum atomic E-state index is 11.8. The SMILES string of the molecule is CCCCn1c(SCc2nnc(-c3cc(C)c(CC)s3)o2)n[nH]c1=O. The molecule has 0 amide bonds. The Hall–Kier alpha value is -1.87. The summed E-state index contributed by atoms with van der Waals surface area (Å²) in [6.07, 6.45) is 2.96. The van der Waals surface area contributed by atoms with E-state index in [4.69, 9.17) is 4.42 Å². The first-order chi connectivity index (χ1) is 12.1. The van der Waals surface area contributed by atoms with Crippen molar-refractivity contribution >= 4 is 23.1 Å². The van der Waals surface area contributed by atoms with Gasteiger partial charge in [-0.05, 0) is 31.4 Å². The summed E-state index contributed by atoms with van der Waals surface area (Å²) in [5.41, 5.74) is 1.08. The second-order valence-electron chi connectivity index (χ2n) is 5.68. The van der Waals surface area contributed by atoms with Gasteiger partial charge in [-0.15, -0.1) is 26.6 Å². The Morgan fingerprint density at radius 3 is 2.92 bits per heavy atom. The number of hydrogen-bond acceptors (Lipinski definition) is 7. The van der Waals surface area contributed by atoms with Gasteiger partial charge in [0, 0.05) is 11.4 Å². The van der Waals surface area contributed by atoms with Crippen molar-refractivity contribution in [3.63, 3.8) is 0 Å². The molecule has 1 N–H and O–H groups in total. The van der Waals surface area contributed by atoms with Gasteiger partial charge < -0.3 is 4.42 Å². The molecule has 0 radical (unpaired) electrons. The first-order valence-electron chi connectivity index (χ1n) is 8.32. The summed E-state index contributed by atoms with van der Waals surface area (Å²) in [5.74, 6) is 1.56. The van der Waals surface area contributed by atoms with E-state index in [1.807, 2.05) is 0 Å². The molecule has 0 atom stereocenters. The van der Waals surface area contributed by atoms with Crippen LogP contribution in [0.3, 0.4) is 0 Å². The second-order valence-corrected chi connectivity index (χ2v) is 7.76. The molecule has 3 heterocycles. The quantitative estimate of drug-likeness (QED) is 0.601. The molecule has 0 saturated heterocycles. The average Bonchev–Trinajstić information content (AvgIpc) is 3.30. The van der Waals surface area contributed by atoms with Crippen molar-refractivity contribution in [1.29, 1.82) is 0 Å². The molecule has 0 aromatic carbocycles. The van der Waals surface area contributed by atoms with Crippen molar-refractivity contribution in [3.05, 3.63) is 32.9 Å². The highest BCUT2D eigenvalue weighted by Crippen LogP contribution is 2.31. The molecule has 3 aromatic rings. The van der Waals surface area contributed by atoms with E-state index in [1.54, 1.807) is 15.9 Å². The maximum Gasteiger partial charge on any atom is 0.343 e. The van der Waals surface area contributed by atoms with Gasteiger partial charge in [-0.25, -0.2) is 9.89 Å². The van der Waals surface area contributed by atoms with Gasteiger partial charge in [0.25, 0.3) is 5.89 Å². The Kier molecular flexibility index (Phi) is 5.74. The van der Waals surface area contributed by atoms with E-state index in [0.29, 0.717) is 29.2 Å². The number of hydrogen-bond donors (Lipinski definition) is 1. The fourth-order valence-electron chi connectivity index (χ4n) is 2.44. The molecule has 0 aliphatic carbocycles. The number of aryl methyl sites for hydroxylation is 2. The number of nitrogens with zero attached hydrogens (tertiary/aromatic N) is 4. The van der Waals surface area contributed by atoms with Crippen molar-refractivity contribution in [2.45, 2.75) is 57.5 Å². The van der Waals surface area contributed by atoms with Gasteiger partial charge in [0.05, 0.1) is 10.6 Å². The Labute approximate surface area is 153 Å². The molecule has 3 rings (SSSR count). The number of nitrogens with one attached hydrogen (secondary N) is 1. The molecule has 0 fully saturated rings. The minimum absolute atomic E-state index is 0.177. The summed E-state index contributed by atoms with van der Waals surface area (Å²) in [6, 6.07) is 2.09. The molecule has 3 aromatic heterocycles. The average molecular weight is 380 g/mol. The lowest BCUT2D eigenvalue weighted by Crippen LogP contribution is -2.17. The Bertz CT molecular complexity index is 893. The summed E-state index contributed by atoms with van der Waals surface area (Å²) < 4.78 is 7.43. The van der Waals surface area contributed by atoms with Gasteiger partial charge in [0.15, 0.2) is 5.16 Å². The number of aromatic amines is 1. The molecule has 25 heavy (non-hydrogen) atoms. The largest absolute Gasteiger partial charge is 0.419 e. The van der Waals surface area contributed by atoms with E-state index in [9.17, 15) is 4.79 Å². The summed E-state index contributed by atoms with van der Waals surface area (Å²) in [7, 11) is 0. The van der Waals surface area contributed by atoms with Crippen molar-refractivity contribution in [2.75, 3.05) is 0 Å². The third-order valence-electron chi connectivity index (χ3n) is 3.80. The lowest BCUT2D eigenvalue weighted by molar-refractivity contribution is 0.528. The first-order valence-corrected chi connectivity index (χ1v) is 10.1. The van der Waals surface area contributed by atoms with Crippen LogP contribution in [0, 0.1) is 6.92 Å². The molecule has 9 heteroatoms. The minimum Gasteiger partial charge on any atom is -0.419 e. The Morgan fingerprint density at radius 1 is 1.36 bits per heavy atom. The standard InChI is InChI=1S/C16H21N5O2S2/c1-4-6-7-21-15(22)19-20-16(21)24-9-13-17-18-14(23-13)12-8-10(3)11(5-2)25-12/h8H,4-7,9H2,1-3H3,(H,19,22). The zero-order valence-corrected chi connectivity index (χ0v) is 16.2. The van der Waals surface area contributed by atoms with E-state index in [-0.39, 0.29) is 5.69 Å². The second kappa shape index (κ2) is 8.01. The van der Waals surface area contributed by atoms with Crippen molar-refractivity contribution in [3.8, 4) is 10.8 Å². The number of thiophene rings is 1. The van der Waals surface area contributed by atoms with Crippen molar-refractivity contribution in [2.24, 2.45) is 0 Å². The van der Waals surface area contributed by atoms with E-state index in [2.05, 4.69) is 47.2 Å². The number of unbranched alkanes of at least 4 members (excludes halogenated alkanes) is 1. The van der Waals surface area contributed by atoms with E-state index < -0.39 is 0 Å². The first kappa shape index (κ1) is 17.9. The van der Waals surface area contributed by atoms with Gasteiger partial charge in [0.1, 0.15) is 0 Å². The van der Waals surface area contributed by atoms with Crippen LogP contribution in [-0.2, 0) is 18.7 Å². The van der Waals surface area contributed by atoms with Gasteiger partial charge in [-0.2, -0.15) is 0 Å². The Morgan fingerprint density at radius 2 is 2.20 bits per heavy atom. The molecule has 134 valence electrons. The van der Waals surface area contributed by atoms with Crippen LogP contribution in [-0.4, -0.2) is 25.0 Å². The van der Waals surface area contributed by atoms with Crippen LogP contribution in [0.2, 0.25) is 0 Å². The van der Waals surface area contributed by atoms with Crippen LogP contribution >= 0.6 is 23.1 Å². The molecule has 0 unspecified atom stereocenters. The minimum atomic E-state index is -0.177. The van der Waals surface area contributed by atoms with Gasteiger partial charge in [0.2, 0.25) is 5.89 Å². The van der Waals surface area contributed by atoms with E-state index in [1.165, 1.54) is 22.2 Å². The smallest absolute Gasteiger partial charge is 0.343 e. The number of thioether (sulfide) groups is 1. The third-order valence-corrected chi connectivity index (χ3v) is 6.13. The lowest BCUT2D eigenvalue weighted by Gasteiger charge is -2.02. The molecule has 0 bridgehead atoms. The number of H-pyrrole nitrogens is 1. The van der Waals surface area contributed by atoms with Gasteiger partial charge in [-0.3, -0.25) is 4.57 Å². The fraction of sp³-hybridized carbons (Fsp3) is 0.500. The molecule has 7 nitrogen and oxygen atoms in total. The van der Waals surface area contributed by atoms with Crippen LogP contribution in [0.5, 0.6) is 0 Å². The molecule has 0 saturated carbocycles. The summed E-state index contributed by atoms with van der Waals surface area (Å²) in [4.78, 5) is 14.1. The molecule has 0 aliphatic heterocycles. The zero-order chi connectivity index (χ0) is 17.8. The molecule has 0 aliphatic rings. The normalized spacial score (nSPS) is 11.3. The van der Waals surface area contributed by atoms with Crippen LogP contribution in [0.25, 0.3) is 10.8 Å². The number of aromatic nitrogens is 5. The lowest BCUT2D eigenvalue weighted by atomic mass is 10.2. The monoisotopic (exact) mass is 379 g/mol. The highest BCUT2D eigenvalue weighted by atomic mass is 32.2. The Balaban J connectivity index is 1.69. The van der Waals surface area contributed by atoms with Gasteiger partial charge >= 0.3 is 5.69 Å². The number of rotatable bonds is 8. The van der Waals surface area contributed by atoms with Crippen LogP contribution in [0.4, 0.5) is 0 Å². The van der Waals surface area contributed by atoms with E-state index >= 15 is 0 Å².